The maximum Gasteiger partial charge on any atom is 0.217 e. The van der Waals surface area contributed by atoms with Crippen molar-refractivity contribution in [1.29, 1.82) is 0 Å². The molecule has 20 heavy (non-hydrogen) atoms. The van der Waals surface area contributed by atoms with Crippen LogP contribution in [-0.2, 0) is 4.79 Å². The number of nitrogens with one attached hydrogen (secondary N) is 1. The molecule has 1 amide bonds. The molecule has 2 rings (SSSR count). The molecule has 6 heteroatoms. The van der Waals surface area contributed by atoms with Gasteiger partial charge in [0.25, 0.3) is 0 Å². The summed E-state index contributed by atoms with van der Waals surface area (Å²) in [6, 6.07) is 1.99. The molecule has 110 valence electrons. The molecule has 1 aromatic rings. The number of hydrogen-bond acceptors (Lipinski definition) is 5. The maximum absolute atomic E-state index is 10.9. The zero-order chi connectivity index (χ0) is 14.4. The Labute approximate surface area is 119 Å². The highest BCUT2D eigenvalue weighted by atomic mass is 16.1. The van der Waals surface area contributed by atoms with Crippen molar-refractivity contribution >= 4 is 17.5 Å². The van der Waals surface area contributed by atoms with Crippen molar-refractivity contribution < 1.29 is 4.79 Å². The van der Waals surface area contributed by atoms with E-state index in [1.165, 1.54) is 0 Å². The first-order valence-corrected chi connectivity index (χ1v) is 7.28. The summed E-state index contributed by atoms with van der Waals surface area (Å²) in [6.07, 6.45) is 5.15. The van der Waals surface area contributed by atoms with Crippen molar-refractivity contribution in [2.24, 2.45) is 11.7 Å². The lowest BCUT2D eigenvalue weighted by Gasteiger charge is -2.32. The van der Waals surface area contributed by atoms with Gasteiger partial charge < -0.3 is 16.0 Å². The first kappa shape index (κ1) is 14.6. The van der Waals surface area contributed by atoms with Gasteiger partial charge >= 0.3 is 0 Å². The van der Waals surface area contributed by atoms with Crippen LogP contribution in [0.1, 0.15) is 32.6 Å². The molecule has 1 fully saturated rings. The minimum atomic E-state index is -0.198. The number of nitrogens with zero attached hydrogens (tertiary/aromatic N) is 3. The van der Waals surface area contributed by atoms with Gasteiger partial charge in [0.2, 0.25) is 5.91 Å². The number of anilines is 2. The van der Waals surface area contributed by atoms with E-state index in [4.69, 9.17) is 5.73 Å². The second-order valence-corrected chi connectivity index (χ2v) is 5.29. The summed E-state index contributed by atoms with van der Waals surface area (Å²) in [7, 11) is 0. The van der Waals surface area contributed by atoms with Crippen LogP contribution in [0.2, 0.25) is 0 Å². The van der Waals surface area contributed by atoms with Gasteiger partial charge in [-0.15, -0.1) is 0 Å². The number of aromatic nitrogens is 2. The molecule has 2 heterocycles. The van der Waals surface area contributed by atoms with Crippen molar-refractivity contribution in [2.45, 2.75) is 32.6 Å². The van der Waals surface area contributed by atoms with Crippen LogP contribution in [-0.4, -0.2) is 35.5 Å². The Morgan fingerprint density at radius 1 is 1.45 bits per heavy atom. The molecule has 0 spiro atoms. The third-order valence-corrected chi connectivity index (χ3v) is 3.64. The molecule has 0 bridgehead atoms. The van der Waals surface area contributed by atoms with Crippen molar-refractivity contribution in [1.82, 2.24) is 9.97 Å². The predicted octanol–water partition coefficient (Wildman–Crippen LogP) is 1.39. The average molecular weight is 277 g/mol. The van der Waals surface area contributed by atoms with Crippen LogP contribution in [0.4, 0.5) is 11.6 Å². The van der Waals surface area contributed by atoms with E-state index >= 15 is 0 Å². The Balaban J connectivity index is 1.91. The third kappa shape index (κ3) is 4.08. The fourth-order valence-electron chi connectivity index (χ4n) is 2.52. The van der Waals surface area contributed by atoms with Crippen LogP contribution >= 0.6 is 0 Å². The standard InChI is InChI=1S/C14H23N5O/c1-2-5-16-13-9-14(18-10-17-13)19-6-3-11(4-7-19)8-12(15)20/h9-11H,2-8H2,1H3,(H2,15,20)(H,16,17,18). The van der Waals surface area contributed by atoms with E-state index in [2.05, 4.69) is 27.1 Å². The van der Waals surface area contributed by atoms with E-state index in [0.717, 1.165) is 50.5 Å². The molecule has 0 unspecified atom stereocenters. The Morgan fingerprint density at radius 2 is 2.20 bits per heavy atom. The van der Waals surface area contributed by atoms with Crippen LogP contribution in [0.5, 0.6) is 0 Å². The summed E-state index contributed by atoms with van der Waals surface area (Å²) in [4.78, 5) is 21.7. The van der Waals surface area contributed by atoms with E-state index < -0.39 is 0 Å². The van der Waals surface area contributed by atoms with Gasteiger partial charge in [-0.2, -0.15) is 0 Å². The van der Waals surface area contributed by atoms with Gasteiger partial charge in [0, 0.05) is 32.1 Å². The quantitative estimate of drug-likeness (QED) is 0.821. The van der Waals surface area contributed by atoms with E-state index in [1.807, 2.05) is 6.07 Å². The zero-order valence-electron chi connectivity index (χ0n) is 12.0. The summed E-state index contributed by atoms with van der Waals surface area (Å²) in [5, 5.41) is 3.27. The van der Waals surface area contributed by atoms with E-state index in [-0.39, 0.29) is 5.91 Å². The van der Waals surface area contributed by atoms with Crippen LogP contribution < -0.4 is 16.0 Å². The van der Waals surface area contributed by atoms with Crippen molar-refractivity contribution in [3.05, 3.63) is 12.4 Å². The summed E-state index contributed by atoms with van der Waals surface area (Å²) in [5.74, 6) is 2.05. The van der Waals surface area contributed by atoms with Crippen molar-refractivity contribution in [2.75, 3.05) is 29.9 Å². The van der Waals surface area contributed by atoms with E-state index in [0.29, 0.717) is 12.3 Å². The molecule has 1 aromatic heterocycles. The normalized spacial score (nSPS) is 16.1. The van der Waals surface area contributed by atoms with Crippen molar-refractivity contribution in [3.8, 4) is 0 Å². The van der Waals surface area contributed by atoms with E-state index in [1.54, 1.807) is 6.33 Å². The first-order valence-electron chi connectivity index (χ1n) is 7.28. The molecule has 0 aromatic carbocycles. The summed E-state index contributed by atoms with van der Waals surface area (Å²) in [6.45, 7) is 4.88. The highest BCUT2D eigenvalue weighted by Gasteiger charge is 2.21. The summed E-state index contributed by atoms with van der Waals surface area (Å²) in [5.41, 5.74) is 5.25. The molecule has 0 atom stereocenters. The topological polar surface area (TPSA) is 84.1 Å². The fraction of sp³-hybridized carbons (Fsp3) is 0.643. The van der Waals surface area contributed by atoms with Gasteiger partial charge in [-0.3, -0.25) is 4.79 Å². The summed E-state index contributed by atoms with van der Waals surface area (Å²) < 4.78 is 0. The number of piperidine rings is 1. The molecular weight excluding hydrogens is 254 g/mol. The SMILES string of the molecule is CCCNc1cc(N2CCC(CC(N)=O)CC2)ncn1. The lowest BCUT2D eigenvalue weighted by atomic mass is 9.93. The van der Waals surface area contributed by atoms with Crippen LogP contribution in [0.25, 0.3) is 0 Å². The molecule has 0 saturated carbocycles. The van der Waals surface area contributed by atoms with Crippen LogP contribution in [0, 0.1) is 5.92 Å². The highest BCUT2D eigenvalue weighted by Crippen LogP contribution is 2.24. The number of carbonyl (C=O) groups excluding carboxylic acids is 1. The van der Waals surface area contributed by atoms with Gasteiger partial charge in [-0.1, -0.05) is 6.92 Å². The minimum Gasteiger partial charge on any atom is -0.370 e. The fourth-order valence-corrected chi connectivity index (χ4v) is 2.52. The summed E-state index contributed by atoms with van der Waals surface area (Å²) >= 11 is 0. The van der Waals surface area contributed by atoms with Gasteiger partial charge in [0.15, 0.2) is 0 Å². The average Bonchev–Trinajstić information content (AvgIpc) is 2.45. The minimum absolute atomic E-state index is 0.198. The highest BCUT2D eigenvalue weighted by molar-refractivity contribution is 5.74. The Morgan fingerprint density at radius 3 is 2.85 bits per heavy atom. The Hall–Kier alpha value is -1.85. The number of amides is 1. The third-order valence-electron chi connectivity index (χ3n) is 3.64. The molecule has 6 nitrogen and oxygen atoms in total. The number of nitrogens with two attached hydrogens (primary N) is 1. The molecule has 1 aliphatic rings. The molecule has 0 radical (unpaired) electrons. The molecular formula is C14H23N5O. The first-order chi connectivity index (χ1) is 9.69. The second kappa shape index (κ2) is 7.07. The Kier molecular flexibility index (Phi) is 5.15. The molecule has 1 aliphatic heterocycles. The van der Waals surface area contributed by atoms with Gasteiger partial charge in [0.1, 0.15) is 18.0 Å². The molecule has 1 saturated heterocycles. The van der Waals surface area contributed by atoms with Crippen LogP contribution in [0.3, 0.4) is 0 Å². The lowest BCUT2D eigenvalue weighted by molar-refractivity contribution is -0.119. The lowest BCUT2D eigenvalue weighted by Crippen LogP contribution is -2.35. The van der Waals surface area contributed by atoms with Gasteiger partial charge in [-0.05, 0) is 25.2 Å². The Bertz CT molecular complexity index is 443. The van der Waals surface area contributed by atoms with Crippen LogP contribution in [0.15, 0.2) is 12.4 Å². The van der Waals surface area contributed by atoms with Gasteiger partial charge in [0.05, 0.1) is 0 Å². The monoisotopic (exact) mass is 277 g/mol. The predicted molar refractivity (Wildman–Crippen MR) is 79.6 cm³/mol. The van der Waals surface area contributed by atoms with Gasteiger partial charge in [-0.25, -0.2) is 9.97 Å². The van der Waals surface area contributed by atoms with Crippen molar-refractivity contribution in [3.63, 3.8) is 0 Å². The zero-order valence-corrected chi connectivity index (χ0v) is 12.0. The number of hydrogen-bond donors (Lipinski definition) is 2. The number of carbonyl (C=O) groups is 1. The largest absolute Gasteiger partial charge is 0.370 e. The molecule has 0 aliphatic carbocycles. The van der Waals surface area contributed by atoms with E-state index in [9.17, 15) is 4.79 Å². The maximum atomic E-state index is 10.9. The number of primary amides is 1. The molecule has 3 N–H and O–H groups in total. The second-order valence-electron chi connectivity index (χ2n) is 5.29. The smallest absolute Gasteiger partial charge is 0.217 e. The number of rotatable bonds is 6.